The van der Waals surface area contributed by atoms with Gasteiger partial charge in [0, 0.05) is 0 Å². The molecule has 0 aromatic heterocycles. The van der Waals surface area contributed by atoms with Crippen LogP contribution < -0.4 is 0 Å². The summed E-state index contributed by atoms with van der Waals surface area (Å²) < 4.78 is 5.53. The summed E-state index contributed by atoms with van der Waals surface area (Å²) in [6.45, 7) is 15.6. The molecule has 0 aliphatic carbocycles. The summed E-state index contributed by atoms with van der Waals surface area (Å²) in [5, 5.41) is 0. The predicted octanol–water partition coefficient (Wildman–Crippen LogP) is 5.05. The number of unbranched alkanes of at least 4 members (excludes halogenated alkanes) is 1. The first-order valence-electron chi connectivity index (χ1n) is 7.08. The second-order valence-electron chi connectivity index (χ2n) is 6.73. The highest BCUT2D eigenvalue weighted by Gasteiger charge is 2.35. The summed E-state index contributed by atoms with van der Waals surface area (Å²) >= 11 is 0. The standard InChI is InChI=1S/C17H30O2/c1-8-12-17(7,13-10-9-11-14(2)3)15(18)19-16(4,5)6/h8,11H,1,9-10,12-13H2,2-7H3. The number of allylic oxidation sites excluding steroid dienone is 3. The van der Waals surface area contributed by atoms with E-state index in [1.165, 1.54) is 5.57 Å². The summed E-state index contributed by atoms with van der Waals surface area (Å²) in [6, 6.07) is 0. The summed E-state index contributed by atoms with van der Waals surface area (Å²) in [4.78, 5) is 12.3. The highest BCUT2D eigenvalue weighted by molar-refractivity contribution is 5.77. The molecule has 0 N–H and O–H groups in total. The smallest absolute Gasteiger partial charge is 0.312 e. The van der Waals surface area contributed by atoms with E-state index in [4.69, 9.17) is 4.74 Å². The minimum absolute atomic E-state index is 0.114. The zero-order chi connectivity index (χ0) is 15.1. The van der Waals surface area contributed by atoms with Crippen molar-refractivity contribution in [3.8, 4) is 0 Å². The van der Waals surface area contributed by atoms with E-state index < -0.39 is 11.0 Å². The Morgan fingerprint density at radius 2 is 1.79 bits per heavy atom. The number of carbonyl (C=O) groups excluding carboxylic acids is 1. The summed E-state index contributed by atoms with van der Waals surface area (Å²) in [7, 11) is 0. The van der Waals surface area contributed by atoms with Crippen molar-refractivity contribution < 1.29 is 9.53 Å². The maximum atomic E-state index is 12.3. The molecule has 1 unspecified atom stereocenters. The van der Waals surface area contributed by atoms with Gasteiger partial charge in [-0.25, -0.2) is 0 Å². The Bertz CT molecular complexity index is 330. The van der Waals surface area contributed by atoms with E-state index in [9.17, 15) is 4.79 Å². The van der Waals surface area contributed by atoms with E-state index in [-0.39, 0.29) is 5.97 Å². The normalized spacial score (nSPS) is 14.4. The van der Waals surface area contributed by atoms with Crippen molar-refractivity contribution in [3.05, 3.63) is 24.3 Å². The van der Waals surface area contributed by atoms with Crippen molar-refractivity contribution in [1.29, 1.82) is 0 Å². The van der Waals surface area contributed by atoms with Gasteiger partial charge in [0.1, 0.15) is 5.60 Å². The van der Waals surface area contributed by atoms with E-state index in [0.717, 1.165) is 19.3 Å². The van der Waals surface area contributed by atoms with E-state index in [1.807, 2.05) is 33.8 Å². The Hall–Kier alpha value is -1.05. The minimum Gasteiger partial charge on any atom is -0.460 e. The summed E-state index contributed by atoms with van der Waals surface area (Å²) in [5.74, 6) is -0.114. The summed E-state index contributed by atoms with van der Waals surface area (Å²) in [5.41, 5.74) is 0.437. The summed E-state index contributed by atoms with van der Waals surface area (Å²) in [6.07, 6.45) is 7.52. The van der Waals surface area contributed by atoms with Crippen LogP contribution in [0.25, 0.3) is 0 Å². The Labute approximate surface area is 118 Å². The molecule has 2 nitrogen and oxygen atoms in total. The van der Waals surface area contributed by atoms with Crippen LogP contribution in [0.1, 0.15) is 67.2 Å². The first-order chi connectivity index (χ1) is 8.60. The van der Waals surface area contributed by atoms with E-state index in [1.54, 1.807) is 0 Å². The maximum Gasteiger partial charge on any atom is 0.312 e. The van der Waals surface area contributed by atoms with Crippen molar-refractivity contribution >= 4 is 5.97 Å². The van der Waals surface area contributed by atoms with Crippen LogP contribution in [0.15, 0.2) is 24.3 Å². The molecular formula is C17H30O2. The highest BCUT2D eigenvalue weighted by Crippen LogP contribution is 2.32. The quantitative estimate of drug-likeness (QED) is 0.366. The SMILES string of the molecule is C=CCC(C)(CCCC=C(C)C)C(=O)OC(C)(C)C. The van der Waals surface area contributed by atoms with Gasteiger partial charge in [-0.2, -0.15) is 0 Å². The van der Waals surface area contributed by atoms with Crippen LogP contribution in [-0.4, -0.2) is 11.6 Å². The zero-order valence-electron chi connectivity index (χ0n) is 13.5. The fourth-order valence-electron chi connectivity index (χ4n) is 1.89. The number of carbonyl (C=O) groups is 1. The first kappa shape index (κ1) is 17.9. The fraction of sp³-hybridized carbons (Fsp3) is 0.706. The Morgan fingerprint density at radius 3 is 2.21 bits per heavy atom. The average molecular weight is 266 g/mol. The second kappa shape index (κ2) is 7.52. The molecule has 0 spiro atoms. The molecule has 0 heterocycles. The molecule has 0 aliphatic heterocycles. The van der Waals surface area contributed by atoms with Crippen molar-refractivity contribution in [2.75, 3.05) is 0 Å². The van der Waals surface area contributed by atoms with Crippen LogP contribution >= 0.6 is 0 Å². The van der Waals surface area contributed by atoms with Gasteiger partial charge in [-0.1, -0.05) is 17.7 Å². The molecule has 0 radical (unpaired) electrons. The van der Waals surface area contributed by atoms with Crippen molar-refractivity contribution in [1.82, 2.24) is 0 Å². The third-order valence-electron chi connectivity index (χ3n) is 2.97. The predicted molar refractivity (Wildman–Crippen MR) is 82.0 cm³/mol. The molecule has 2 heteroatoms. The van der Waals surface area contributed by atoms with E-state index >= 15 is 0 Å². The van der Waals surface area contributed by atoms with Gasteiger partial charge < -0.3 is 4.74 Å². The lowest BCUT2D eigenvalue weighted by Crippen LogP contribution is -2.35. The van der Waals surface area contributed by atoms with Gasteiger partial charge in [-0.15, -0.1) is 6.58 Å². The molecule has 1 atom stereocenters. The minimum atomic E-state index is -0.454. The second-order valence-corrected chi connectivity index (χ2v) is 6.73. The molecule has 0 saturated heterocycles. The first-order valence-corrected chi connectivity index (χ1v) is 7.08. The molecule has 0 amide bonds. The van der Waals surface area contributed by atoms with Crippen molar-refractivity contribution in [2.24, 2.45) is 5.41 Å². The van der Waals surface area contributed by atoms with Crippen LogP contribution in [-0.2, 0) is 9.53 Å². The Kier molecular flexibility index (Phi) is 7.10. The molecule has 0 aromatic carbocycles. The Balaban J connectivity index is 4.61. The van der Waals surface area contributed by atoms with Gasteiger partial charge in [0.15, 0.2) is 0 Å². The Morgan fingerprint density at radius 1 is 1.21 bits per heavy atom. The molecule has 0 fully saturated rings. The third-order valence-corrected chi connectivity index (χ3v) is 2.97. The van der Waals surface area contributed by atoms with Gasteiger partial charge in [-0.3, -0.25) is 4.79 Å². The molecular weight excluding hydrogens is 236 g/mol. The third kappa shape index (κ3) is 7.86. The van der Waals surface area contributed by atoms with Crippen LogP contribution in [0, 0.1) is 5.41 Å². The number of hydrogen-bond acceptors (Lipinski definition) is 2. The van der Waals surface area contributed by atoms with E-state index in [0.29, 0.717) is 6.42 Å². The van der Waals surface area contributed by atoms with E-state index in [2.05, 4.69) is 26.5 Å². The largest absolute Gasteiger partial charge is 0.460 e. The molecule has 0 saturated carbocycles. The number of ether oxygens (including phenoxy) is 1. The maximum absolute atomic E-state index is 12.3. The van der Waals surface area contributed by atoms with Crippen LogP contribution in [0.3, 0.4) is 0 Å². The van der Waals surface area contributed by atoms with Gasteiger partial charge in [0.25, 0.3) is 0 Å². The monoisotopic (exact) mass is 266 g/mol. The number of rotatable bonds is 7. The topological polar surface area (TPSA) is 26.3 Å². The van der Waals surface area contributed by atoms with Gasteiger partial charge >= 0.3 is 5.97 Å². The van der Waals surface area contributed by atoms with Crippen LogP contribution in [0.5, 0.6) is 0 Å². The average Bonchev–Trinajstić information content (AvgIpc) is 2.22. The van der Waals surface area contributed by atoms with Gasteiger partial charge in [0.2, 0.25) is 0 Å². The van der Waals surface area contributed by atoms with Crippen LogP contribution in [0.2, 0.25) is 0 Å². The van der Waals surface area contributed by atoms with Gasteiger partial charge in [-0.05, 0) is 67.2 Å². The number of hydrogen-bond donors (Lipinski definition) is 0. The molecule has 0 aliphatic rings. The lowest BCUT2D eigenvalue weighted by Gasteiger charge is -2.30. The number of esters is 1. The van der Waals surface area contributed by atoms with Crippen molar-refractivity contribution in [3.63, 3.8) is 0 Å². The highest BCUT2D eigenvalue weighted by atomic mass is 16.6. The molecule has 0 bridgehead atoms. The fourth-order valence-corrected chi connectivity index (χ4v) is 1.89. The molecule has 0 rings (SSSR count). The zero-order valence-corrected chi connectivity index (χ0v) is 13.5. The van der Waals surface area contributed by atoms with Crippen molar-refractivity contribution in [2.45, 2.75) is 72.8 Å². The van der Waals surface area contributed by atoms with Crippen LogP contribution in [0.4, 0.5) is 0 Å². The molecule has 19 heavy (non-hydrogen) atoms. The molecule has 110 valence electrons. The lowest BCUT2D eigenvalue weighted by atomic mass is 9.81. The lowest BCUT2D eigenvalue weighted by molar-refractivity contribution is -0.167. The molecule has 0 aromatic rings. The van der Waals surface area contributed by atoms with Gasteiger partial charge in [0.05, 0.1) is 5.41 Å².